The Bertz CT molecular complexity index is 615. The summed E-state index contributed by atoms with van der Waals surface area (Å²) in [5, 5.41) is 1.20. The number of aryl methyl sites for hydroxylation is 1. The second-order valence-electron chi connectivity index (χ2n) is 6.35. The van der Waals surface area contributed by atoms with Gasteiger partial charge in [-0.2, -0.15) is 0 Å². The van der Waals surface area contributed by atoms with Crippen molar-refractivity contribution >= 4 is 35.0 Å². The molecule has 21 heavy (non-hydrogen) atoms. The van der Waals surface area contributed by atoms with Crippen molar-refractivity contribution in [3.8, 4) is 0 Å². The minimum absolute atomic E-state index is 0.349. The van der Waals surface area contributed by atoms with E-state index < -0.39 is 0 Å². The van der Waals surface area contributed by atoms with Crippen LogP contribution in [0.25, 0.3) is 0 Å². The van der Waals surface area contributed by atoms with Crippen LogP contribution >= 0.6 is 35.0 Å². The maximum Gasteiger partial charge on any atom is 0.0603 e. The van der Waals surface area contributed by atoms with Crippen LogP contribution in [0.4, 0.5) is 0 Å². The predicted molar refractivity (Wildman–Crippen MR) is 94.8 cm³/mol. The van der Waals surface area contributed by atoms with Gasteiger partial charge in [-0.05, 0) is 48.1 Å². The zero-order valence-electron chi connectivity index (χ0n) is 12.6. The third-order valence-electron chi connectivity index (χ3n) is 3.24. The first-order chi connectivity index (χ1) is 9.85. The summed E-state index contributed by atoms with van der Waals surface area (Å²) >= 11 is 13.8. The fraction of sp³-hybridized carbons (Fsp3) is 0.333. The Balaban J connectivity index is 2.17. The number of rotatable bonds is 4. The third-order valence-corrected chi connectivity index (χ3v) is 5.08. The lowest BCUT2D eigenvalue weighted by molar-refractivity contribution is 0.377. The van der Waals surface area contributed by atoms with Crippen molar-refractivity contribution in [2.45, 2.75) is 43.4 Å². The molecule has 0 aliphatic heterocycles. The first kappa shape index (κ1) is 16.7. The van der Waals surface area contributed by atoms with Crippen LogP contribution in [0, 0.1) is 5.41 Å². The van der Waals surface area contributed by atoms with E-state index in [-0.39, 0.29) is 0 Å². The quantitative estimate of drug-likeness (QED) is 0.571. The Hall–Kier alpha value is -0.630. The van der Waals surface area contributed by atoms with Gasteiger partial charge < -0.3 is 0 Å². The second kappa shape index (κ2) is 7.09. The van der Waals surface area contributed by atoms with Gasteiger partial charge in [0.15, 0.2) is 0 Å². The Morgan fingerprint density at radius 2 is 1.67 bits per heavy atom. The smallest absolute Gasteiger partial charge is 0.0603 e. The number of halogens is 2. The predicted octanol–water partition coefficient (Wildman–Crippen LogP) is 7.12. The summed E-state index contributed by atoms with van der Waals surface area (Å²) in [6.07, 6.45) is 2.26. The summed E-state index contributed by atoms with van der Waals surface area (Å²) < 4.78 is 0. The SMILES string of the molecule is CC(C)(C)CCc1ccccc1Sc1ccc(Cl)c(Cl)c1. The van der Waals surface area contributed by atoms with Gasteiger partial charge in [0, 0.05) is 9.79 Å². The zero-order valence-corrected chi connectivity index (χ0v) is 14.9. The lowest BCUT2D eigenvalue weighted by Crippen LogP contribution is -2.06. The van der Waals surface area contributed by atoms with E-state index in [1.807, 2.05) is 18.2 Å². The molecule has 2 aromatic carbocycles. The van der Waals surface area contributed by atoms with Crippen molar-refractivity contribution in [1.29, 1.82) is 0 Å². The summed E-state index contributed by atoms with van der Waals surface area (Å²) in [6, 6.07) is 14.4. The second-order valence-corrected chi connectivity index (χ2v) is 8.28. The summed E-state index contributed by atoms with van der Waals surface area (Å²) in [4.78, 5) is 2.41. The van der Waals surface area contributed by atoms with E-state index in [1.165, 1.54) is 16.9 Å². The van der Waals surface area contributed by atoms with E-state index in [9.17, 15) is 0 Å². The molecular weight excluding hydrogens is 319 g/mol. The van der Waals surface area contributed by atoms with Gasteiger partial charge in [-0.15, -0.1) is 0 Å². The average molecular weight is 339 g/mol. The van der Waals surface area contributed by atoms with E-state index >= 15 is 0 Å². The van der Waals surface area contributed by atoms with Crippen LogP contribution in [-0.4, -0.2) is 0 Å². The van der Waals surface area contributed by atoms with Gasteiger partial charge >= 0.3 is 0 Å². The van der Waals surface area contributed by atoms with Gasteiger partial charge in [0.1, 0.15) is 0 Å². The molecule has 0 aliphatic rings. The molecule has 0 aliphatic carbocycles. The normalized spacial score (nSPS) is 11.7. The fourth-order valence-corrected chi connectivity index (χ4v) is 3.36. The van der Waals surface area contributed by atoms with Crippen molar-refractivity contribution < 1.29 is 0 Å². The molecule has 2 rings (SSSR count). The van der Waals surface area contributed by atoms with Gasteiger partial charge in [-0.1, -0.05) is 73.9 Å². The van der Waals surface area contributed by atoms with Crippen LogP contribution in [-0.2, 0) is 6.42 Å². The molecule has 0 nitrogen and oxygen atoms in total. The van der Waals surface area contributed by atoms with Crippen LogP contribution < -0.4 is 0 Å². The highest BCUT2D eigenvalue weighted by molar-refractivity contribution is 7.99. The first-order valence-electron chi connectivity index (χ1n) is 7.06. The molecule has 0 heterocycles. The molecule has 0 unspecified atom stereocenters. The van der Waals surface area contributed by atoms with Crippen LogP contribution in [0.3, 0.4) is 0 Å². The van der Waals surface area contributed by atoms with Gasteiger partial charge in [0.05, 0.1) is 10.0 Å². The maximum absolute atomic E-state index is 6.10. The Kier molecular flexibility index (Phi) is 5.65. The fourth-order valence-electron chi connectivity index (χ4n) is 1.99. The van der Waals surface area contributed by atoms with Crippen LogP contribution in [0.1, 0.15) is 32.8 Å². The monoisotopic (exact) mass is 338 g/mol. The highest BCUT2D eigenvalue weighted by atomic mass is 35.5. The molecule has 0 fully saturated rings. The van der Waals surface area contributed by atoms with E-state index in [0.29, 0.717) is 15.5 Å². The molecule has 0 amide bonds. The van der Waals surface area contributed by atoms with Crippen LogP contribution in [0.5, 0.6) is 0 Å². The molecule has 0 atom stereocenters. The highest BCUT2D eigenvalue weighted by Gasteiger charge is 2.12. The van der Waals surface area contributed by atoms with E-state index in [4.69, 9.17) is 23.2 Å². The standard InChI is InChI=1S/C18H20Cl2S/c1-18(2,3)11-10-13-6-4-5-7-17(13)21-14-8-9-15(19)16(20)12-14/h4-9,12H,10-11H2,1-3H3. The summed E-state index contributed by atoms with van der Waals surface area (Å²) in [6.45, 7) is 6.84. The Labute approximate surface area is 141 Å². The van der Waals surface area contributed by atoms with Crippen molar-refractivity contribution in [3.63, 3.8) is 0 Å². The van der Waals surface area contributed by atoms with Crippen molar-refractivity contribution in [2.24, 2.45) is 5.41 Å². The van der Waals surface area contributed by atoms with E-state index in [1.54, 1.807) is 11.8 Å². The molecule has 0 N–H and O–H groups in total. The molecule has 2 aromatic rings. The molecule has 0 radical (unpaired) electrons. The minimum Gasteiger partial charge on any atom is -0.0898 e. The molecule has 112 valence electrons. The number of hydrogen-bond donors (Lipinski definition) is 0. The molecule has 0 saturated heterocycles. The van der Waals surface area contributed by atoms with Crippen molar-refractivity contribution in [3.05, 3.63) is 58.1 Å². The van der Waals surface area contributed by atoms with Gasteiger partial charge in [0.2, 0.25) is 0 Å². The van der Waals surface area contributed by atoms with Crippen molar-refractivity contribution in [1.82, 2.24) is 0 Å². The van der Waals surface area contributed by atoms with Gasteiger partial charge in [0.25, 0.3) is 0 Å². The molecular formula is C18H20Cl2S. The lowest BCUT2D eigenvalue weighted by atomic mass is 9.89. The Morgan fingerprint density at radius 3 is 2.33 bits per heavy atom. The van der Waals surface area contributed by atoms with Gasteiger partial charge in [-0.25, -0.2) is 0 Å². The summed E-state index contributed by atoms with van der Waals surface area (Å²) in [7, 11) is 0. The topological polar surface area (TPSA) is 0 Å². The highest BCUT2D eigenvalue weighted by Crippen LogP contribution is 2.35. The van der Waals surface area contributed by atoms with E-state index in [0.717, 1.165) is 11.3 Å². The number of hydrogen-bond acceptors (Lipinski definition) is 1. The van der Waals surface area contributed by atoms with Crippen molar-refractivity contribution in [2.75, 3.05) is 0 Å². The molecule has 0 saturated carbocycles. The summed E-state index contributed by atoms with van der Waals surface area (Å²) in [5.41, 5.74) is 1.74. The first-order valence-corrected chi connectivity index (χ1v) is 8.63. The molecule has 3 heteroatoms. The van der Waals surface area contributed by atoms with Crippen LogP contribution in [0.15, 0.2) is 52.3 Å². The largest absolute Gasteiger partial charge is 0.0898 e. The molecule has 0 bridgehead atoms. The number of benzene rings is 2. The third kappa shape index (κ3) is 5.25. The van der Waals surface area contributed by atoms with E-state index in [2.05, 4.69) is 45.0 Å². The molecule has 0 aromatic heterocycles. The molecule has 0 spiro atoms. The average Bonchev–Trinajstić information content (AvgIpc) is 2.41. The zero-order chi connectivity index (χ0) is 15.5. The maximum atomic E-state index is 6.10. The minimum atomic E-state index is 0.349. The Morgan fingerprint density at radius 1 is 0.952 bits per heavy atom. The van der Waals surface area contributed by atoms with Gasteiger partial charge in [-0.3, -0.25) is 0 Å². The summed E-state index contributed by atoms with van der Waals surface area (Å²) in [5.74, 6) is 0. The lowest BCUT2D eigenvalue weighted by Gasteiger charge is -2.19. The van der Waals surface area contributed by atoms with Crippen LogP contribution in [0.2, 0.25) is 10.0 Å².